The smallest absolute Gasteiger partial charge is 0.223 e. The Balaban J connectivity index is 1.22. The summed E-state index contributed by atoms with van der Waals surface area (Å²) in [5.41, 5.74) is 0.314. The molecule has 0 spiro atoms. The molecule has 5 heteroatoms. The summed E-state index contributed by atoms with van der Waals surface area (Å²) < 4.78 is 6.09. The molecule has 1 unspecified atom stereocenters. The Bertz CT molecular complexity index is 687. The number of carbonyl (C=O) groups is 1. The maximum atomic E-state index is 13.2. The maximum Gasteiger partial charge on any atom is 0.223 e. The molecule has 1 aliphatic heterocycles. The number of nitrogens with zero attached hydrogens (tertiary/aromatic N) is 2. The topological polar surface area (TPSA) is 42.4 Å². The van der Waals surface area contributed by atoms with Gasteiger partial charge in [0, 0.05) is 31.4 Å². The highest BCUT2D eigenvalue weighted by atomic mass is 35.5. The van der Waals surface area contributed by atoms with E-state index < -0.39 is 0 Å². The van der Waals surface area contributed by atoms with Crippen molar-refractivity contribution in [1.29, 1.82) is 0 Å². The third-order valence-electron chi connectivity index (χ3n) is 7.45. The number of hydrogen-bond donors (Lipinski definition) is 0. The van der Waals surface area contributed by atoms with Gasteiger partial charge in [0.1, 0.15) is 16.9 Å². The lowest BCUT2D eigenvalue weighted by Crippen LogP contribution is -2.50. The van der Waals surface area contributed by atoms with Crippen LogP contribution in [0.1, 0.15) is 57.8 Å². The monoisotopic (exact) mass is 388 g/mol. The minimum atomic E-state index is 0.0268. The predicted molar refractivity (Wildman–Crippen MR) is 105 cm³/mol. The Labute approximate surface area is 166 Å². The number of likely N-dealkylation sites (tertiary alicyclic amines) is 1. The summed E-state index contributed by atoms with van der Waals surface area (Å²) in [5, 5.41) is 0.537. The normalized spacial score (nSPS) is 37.4. The van der Waals surface area contributed by atoms with Crippen LogP contribution in [0.3, 0.4) is 0 Å². The van der Waals surface area contributed by atoms with Crippen LogP contribution in [0.15, 0.2) is 18.5 Å². The Morgan fingerprint density at radius 1 is 1.22 bits per heavy atom. The lowest BCUT2D eigenvalue weighted by Gasteiger charge is -2.57. The van der Waals surface area contributed by atoms with Gasteiger partial charge in [-0.1, -0.05) is 11.6 Å². The number of aromatic nitrogens is 1. The highest BCUT2D eigenvalue weighted by Crippen LogP contribution is 2.61. The van der Waals surface area contributed by atoms with E-state index in [9.17, 15) is 4.79 Å². The molecule has 2 heterocycles. The number of piperidine rings is 1. The number of rotatable bonds is 4. The number of pyridine rings is 1. The molecular weight excluding hydrogens is 360 g/mol. The minimum Gasteiger partial charge on any atom is -0.487 e. The average molecular weight is 389 g/mol. The standard InChI is InChI=1S/C22H29ClN2O2/c23-19-13-24-4-3-20(19)27-18-2-1-5-25(14-18)21(26)12-22-9-15-6-16(10-22)8-17(7-15)11-22/h3-4,13,15-18H,1-2,5-12,14H2. The first-order valence-electron chi connectivity index (χ1n) is 10.6. The summed E-state index contributed by atoms with van der Waals surface area (Å²) in [6.07, 6.45) is 14.2. The zero-order valence-electron chi connectivity index (χ0n) is 15.9. The number of hydrogen-bond acceptors (Lipinski definition) is 3. The van der Waals surface area contributed by atoms with Gasteiger partial charge in [0.25, 0.3) is 0 Å². The highest BCUT2D eigenvalue weighted by Gasteiger charge is 2.51. The van der Waals surface area contributed by atoms with Crippen molar-refractivity contribution >= 4 is 17.5 Å². The quantitative estimate of drug-likeness (QED) is 0.750. The van der Waals surface area contributed by atoms with Gasteiger partial charge in [-0.2, -0.15) is 0 Å². The van der Waals surface area contributed by atoms with Crippen LogP contribution in [-0.2, 0) is 4.79 Å². The van der Waals surface area contributed by atoms with Crippen molar-refractivity contribution in [1.82, 2.24) is 9.88 Å². The predicted octanol–water partition coefficient (Wildman–Crippen LogP) is 4.71. The van der Waals surface area contributed by atoms with Gasteiger partial charge in [-0.05, 0) is 74.5 Å². The van der Waals surface area contributed by atoms with E-state index in [1.165, 1.54) is 38.5 Å². The van der Waals surface area contributed by atoms with E-state index in [0.717, 1.165) is 43.6 Å². The van der Waals surface area contributed by atoms with Crippen molar-refractivity contribution in [3.05, 3.63) is 23.5 Å². The molecule has 4 bridgehead atoms. The second-order valence-electron chi connectivity index (χ2n) is 9.62. The number of carbonyl (C=O) groups excluding carboxylic acids is 1. The van der Waals surface area contributed by atoms with Crippen LogP contribution in [0.2, 0.25) is 5.02 Å². The SMILES string of the molecule is O=C(CC12CC3CC(CC(C3)C1)C2)N1CCCC(Oc2ccncc2Cl)C1. The van der Waals surface area contributed by atoms with Gasteiger partial charge < -0.3 is 9.64 Å². The molecule has 1 aromatic rings. The fraction of sp³-hybridized carbons (Fsp3) is 0.727. The van der Waals surface area contributed by atoms with E-state index in [4.69, 9.17) is 16.3 Å². The summed E-state index contributed by atoms with van der Waals surface area (Å²) in [5.74, 6) is 3.72. The summed E-state index contributed by atoms with van der Waals surface area (Å²) >= 11 is 6.18. The zero-order valence-corrected chi connectivity index (χ0v) is 16.7. The van der Waals surface area contributed by atoms with Gasteiger partial charge in [-0.25, -0.2) is 0 Å². The molecule has 5 aliphatic rings. The van der Waals surface area contributed by atoms with Gasteiger partial charge in [0.15, 0.2) is 0 Å². The van der Waals surface area contributed by atoms with E-state index >= 15 is 0 Å². The van der Waals surface area contributed by atoms with Gasteiger partial charge in [-0.15, -0.1) is 0 Å². The molecule has 1 amide bonds. The van der Waals surface area contributed by atoms with Gasteiger partial charge in [-0.3, -0.25) is 9.78 Å². The molecule has 0 N–H and O–H groups in total. The maximum absolute atomic E-state index is 13.2. The van der Waals surface area contributed by atoms with E-state index in [1.54, 1.807) is 18.5 Å². The molecular formula is C22H29ClN2O2. The van der Waals surface area contributed by atoms with Crippen LogP contribution in [0.25, 0.3) is 0 Å². The molecule has 1 atom stereocenters. The largest absolute Gasteiger partial charge is 0.487 e. The summed E-state index contributed by atoms with van der Waals surface area (Å²) in [7, 11) is 0. The molecule has 0 aromatic carbocycles. The van der Waals surface area contributed by atoms with Crippen LogP contribution in [-0.4, -0.2) is 35.0 Å². The van der Waals surface area contributed by atoms with Crippen LogP contribution >= 0.6 is 11.6 Å². The first-order chi connectivity index (χ1) is 13.1. The van der Waals surface area contributed by atoms with Crippen LogP contribution in [0, 0.1) is 23.2 Å². The molecule has 6 rings (SSSR count). The average Bonchev–Trinajstić information content (AvgIpc) is 2.62. The number of halogens is 1. The van der Waals surface area contributed by atoms with E-state index in [2.05, 4.69) is 9.88 Å². The van der Waals surface area contributed by atoms with Crippen molar-refractivity contribution < 1.29 is 9.53 Å². The molecule has 146 valence electrons. The molecule has 27 heavy (non-hydrogen) atoms. The Morgan fingerprint density at radius 2 is 1.93 bits per heavy atom. The second-order valence-corrected chi connectivity index (χ2v) is 10.0. The Morgan fingerprint density at radius 3 is 2.59 bits per heavy atom. The van der Waals surface area contributed by atoms with E-state index in [0.29, 0.717) is 28.6 Å². The number of amides is 1. The summed E-state index contributed by atoms with van der Waals surface area (Å²) in [6, 6.07) is 1.80. The molecule has 5 fully saturated rings. The first kappa shape index (κ1) is 17.8. The van der Waals surface area contributed by atoms with E-state index in [-0.39, 0.29) is 6.10 Å². The van der Waals surface area contributed by atoms with Crippen LogP contribution < -0.4 is 4.74 Å². The third-order valence-corrected chi connectivity index (χ3v) is 7.73. The van der Waals surface area contributed by atoms with Gasteiger partial charge in [0.05, 0.1) is 6.54 Å². The molecule has 4 nitrogen and oxygen atoms in total. The fourth-order valence-electron chi connectivity index (χ4n) is 6.84. The summed E-state index contributed by atoms with van der Waals surface area (Å²) in [6.45, 7) is 1.55. The Kier molecular flexibility index (Phi) is 4.58. The first-order valence-corrected chi connectivity index (χ1v) is 11.0. The Hall–Kier alpha value is -1.29. The third kappa shape index (κ3) is 3.57. The fourth-order valence-corrected chi connectivity index (χ4v) is 7.00. The molecule has 1 saturated heterocycles. The van der Waals surface area contributed by atoms with E-state index in [1.807, 2.05) is 0 Å². The summed E-state index contributed by atoms with van der Waals surface area (Å²) in [4.78, 5) is 19.2. The minimum absolute atomic E-state index is 0.0268. The second kappa shape index (κ2) is 6.95. The van der Waals surface area contributed by atoms with Crippen molar-refractivity contribution in [2.75, 3.05) is 13.1 Å². The van der Waals surface area contributed by atoms with Crippen molar-refractivity contribution in [3.63, 3.8) is 0 Å². The van der Waals surface area contributed by atoms with Crippen LogP contribution in [0.5, 0.6) is 5.75 Å². The van der Waals surface area contributed by atoms with Gasteiger partial charge >= 0.3 is 0 Å². The van der Waals surface area contributed by atoms with Gasteiger partial charge in [0.2, 0.25) is 5.91 Å². The van der Waals surface area contributed by atoms with Crippen molar-refractivity contribution in [2.45, 2.75) is 63.9 Å². The molecule has 1 aromatic heterocycles. The van der Waals surface area contributed by atoms with Crippen molar-refractivity contribution in [3.8, 4) is 5.75 Å². The molecule has 4 aliphatic carbocycles. The van der Waals surface area contributed by atoms with Crippen molar-refractivity contribution in [2.24, 2.45) is 23.2 Å². The highest BCUT2D eigenvalue weighted by molar-refractivity contribution is 6.31. The number of ether oxygens (including phenoxy) is 1. The lowest BCUT2D eigenvalue weighted by atomic mass is 9.49. The van der Waals surface area contributed by atoms with Crippen LogP contribution in [0.4, 0.5) is 0 Å². The lowest BCUT2D eigenvalue weighted by molar-refractivity contribution is -0.142. The molecule has 0 radical (unpaired) electrons. The zero-order chi connectivity index (χ0) is 18.4. The molecule has 4 saturated carbocycles.